The molecule has 1 aliphatic heterocycles. The summed E-state index contributed by atoms with van der Waals surface area (Å²) in [5, 5.41) is 7.53. The number of H-pyrrole nitrogens is 1. The molecule has 160 valence electrons. The average molecular weight is 417 g/mol. The van der Waals surface area contributed by atoms with E-state index in [1.54, 1.807) is 7.11 Å². The van der Waals surface area contributed by atoms with Crippen LogP contribution in [0.1, 0.15) is 64.9 Å². The van der Waals surface area contributed by atoms with E-state index in [1.165, 1.54) is 0 Å². The maximum Gasteiger partial charge on any atom is 0.275 e. The number of benzene rings is 1. The molecule has 1 amide bonds. The standard InChI is InChI=1S/C25H28N4O2/c1-16-14-18(17-9-11-19(31-2)12-10-17)15-22(26-16)23-8-5-13-29(23)25(30)24-20-6-3-4-7-21(20)27-28-24/h9-12,14-15,23H,3-8,13H2,1-2H3,(H,27,28)/t23-/m0/s1. The lowest BCUT2D eigenvalue weighted by atomic mass is 9.95. The molecule has 0 spiro atoms. The minimum absolute atomic E-state index is 0.0136. The number of aromatic nitrogens is 3. The molecule has 1 atom stereocenters. The Labute approximate surface area is 182 Å². The summed E-state index contributed by atoms with van der Waals surface area (Å²) in [4.78, 5) is 20.3. The van der Waals surface area contributed by atoms with Gasteiger partial charge in [-0.15, -0.1) is 0 Å². The first-order valence-electron chi connectivity index (χ1n) is 11.1. The van der Waals surface area contributed by atoms with Gasteiger partial charge in [-0.1, -0.05) is 12.1 Å². The van der Waals surface area contributed by atoms with Crippen LogP contribution in [0, 0.1) is 6.92 Å². The van der Waals surface area contributed by atoms with E-state index in [4.69, 9.17) is 9.72 Å². The van der Waals surface area contributed by atoms with E-state index < -0.39 is 0 Å². The van der Waals surface area contributed by atoms with E-state index in [0.29, 0.717) is 5.69 Å². The molecule has 2 aromatic heterocycles. The summed E-state index contributed by atoms with van der Waals surface area (Å²) in [7, 11) is 1.67. The molecule has 6 nitrogen and oxygen atoms in total. The monoisotopic (exact) mass is 416 g/mol. The van der Waals surface area contributed by atoms with Gasteiger partial charge in [0.25, 0.3) is 5.91 Å². The Morgan fingerprint density at radius 2 is 1.90 bits per heavy atom. The van der Waals surface area contributed by atoms with Crippen LogP contribution in [0.2, 0.25) is 0 Å². The molecule has 1 aromatic carbocycles. The second-order valence-corrected chi connectivity index (χ2v) is 8.54. The fourth-order valence-electron chi connectivity index (χ4n) is 4.93. The highest BCUT2D eigenvalue weighted by molar-refractivity contribution is 5.94. The number of fused-ring (bicyclic) bond motifs is 1. The van der Waals surface area contributed by atoms with Gasteiger partial charge in [0.2, 0.25) is 0 Å². The second kappa shape index (κ2) is 8.17. The first-order valence-corrected chi connectivity index (χ1v) is 11.1. The zero-order valence-corrected chi connectivity index (χ0v) is 18.1. The maximum absolute atomic E-state index is 13.5. The lowest BCUT2D eigenvalue weighted by Crippen LogP contribution is -2.32. The van der Waals surface area contributed by atoms with E-state index >= 15 is 0 Å². The van der Waals surface area contributed by atoms with E-state index in [1.807, 2.05) is 24.0 Å². The van der Waals surface area contributed by atoms with Crippen molar-refractivity contribution in [1.82, 2.24) is 20.1 Å². The fraction of sp³-hybridized carbons (Fsp3) is 0.400. The Balaban J connectivity index is 1.45. The highest BCUT2D eigenvalue weighted by Crippen LogP contribution is 2.35. The van der Waals surface area contributed by atoms with Gasteiger partial charge in [-0.2, -0.15) is 5.10 Å². The number of carbonyl (C=O) groups is 1. The minimum atomic E-state index is -0.0136. The van der Waals surface area contributed by atoms with Gasteiger partial charge in [-0.25, -0.2) is 0 Å². The quantitative estimate of drug-likeness (QED) is 0.672. The molecular formula is C25H28N4O2. The molecule has 1 saturated heterocycles. The number of hydrogen-bond acceptors (Lipinski definition) is 4. The van der Waals surface area contributed by atoms with Crippen molar-refractivity contribution < 1.29 is 9.53 Å². The number of likely N-dealkylation sites (tertiary alicyclic amines) is 1. The molecule has 0 unspecified atom stereocenters. The third kappa shape index (κ3) is 3.71. The number of rotatable bonds is 4. The third-order valence-electron chi connectivity index (χ3n) is 6.51. The number of nitrogens with one attached hydrogen (secondary N) is 1. The van der Waals surface area contributed by atoms with Gasteiger partial charge in [-0.3, -0.25) is 14.9 Å². The highest BCUT2D eigenvalue weighted by atomic mass is 16.5. The van der Waals surface area contributed by atoms with Crippen LogP contribution in [0.4, 0.5) is 0 Å². The van der Waals surface area contributed by atoms with Gasteiger partial charge in [0.1, 0.15) is 5.75 Å². The van der Waals surface area contributed by atoms with Crippen molar-refractivity contribution >= 4 is 5.91 Å². The van der Waals surface area contributed by atoms with E-state index in [0.717, 1.165) is 84.6 Å². The van der Waals surface area contributed by atoms with Crippen LogP contribution in [0.15, 0.2) is 36.4 Å². The summed E-state index contributed by atoms with van der Waals surface area (Å²) in [6.07, 6.45) is 6.13. The third-order valence-corrected chi connectivity index (χ3v) is 6.51. The Bertz CT molecular complexity index is 1100. The molecule has 3 heterocycles. The topological polar surface area (TPSA) is 71.1 Å². The Morgan fingerprint density at radius 3 is 2.71 bits per heavy atom. The molecule has 0 bridgehead atoms. The molecule has 5 rings (SSSR count). The van der Waals surface area contributed by atoms with Crippen LogP contribution in [-0.4, -0.2) is 39.6 Å². The van der Waals surface area contributed by atoms with Crippen molar-refractivity contribution in [2.75, 3.05) is 13.7 Å². The zero-order chi connectivity index (χ0) is 21.4. The summed E-state index contributed by atoms with van der Waals surface area (Å²) in [5.74, 6) is 0.876. The Hall–Kier alpha value is -3.15. The predicted octanol–water partition coefficient (Wildman–Crippen LogP) is 4.64. The molecule has 3 aromatic rings. The lowest BCUT2D eigenvalue weighted by Gasteiger charge is -2.25. The summed E-state index contributed by atoms with van der Waals surface area (Å²) in [5.41, 5.74) is 7.02. The van der Waals surface area contributed by atoms with Gasteiger partial charge in [-0.05, 0) is 80.8 Å². The van der Waals surface area contributed by atoms with Crippen molar-refractivity contribution in [3.8, 4) is 16.9 Å². The van der Waals surface area contributed by atoms with Crippen LogP contribution >= 0.6 is 0 Å². The molecule has 2 aliphatic rings. The molecule has 0 saturated carbocycles. The van der Waals surface area contributed by atoms with Gasteiger partial charge >= 0.3 is 0 Å². The largest absolute Gasteiger partial charge is 0.497 e. The maximum atomic E-state index is 13.5. The lowest BCUT2D eigenvalue weighted by molar-refractivity contribution is 0.0725. The van der Waals surface area contributed by atoms with Crippen LogP contribution in [0.25, 0.3) is 11.1 Å². The van der Waals surface area contributed by atoms with Gasteiger partial charge in [0.15, 0.2) is 5.69 Å². The van der Waals surface area contributed by atoms with Crippen molar-refractivity contribution in [2.45, 2.75) is 51.5 Å². The number of carbonyl (C=O) groups excluding carboxylic acids is 1. The number of hydrogen-bond donors (Lipinski definition) is 1. The summed E-state index contributed by atoms with van der Waals surface area (Å²) in [6, 6.07) is 12.3. The normalized spacial score (nSPS) is 18.1. The van der Waals surface area contributed by atoms with Gasteiger partial charge in [0, 0.05) is 23.5 Å². The summed E-state index contributed by atoms with van der Waals surface area (Å²) in [6.45, 7) is 2.76. The smallest absolute Gasteiger partial charge is 0.275 e. The number of aromatic amines is 1. The number of ether oxygens (including phenoxy) is 1. The van der Waals surface area contributed by atoms with Gasteiger partial charge < -0.3 is 9.64 Å². The Morgan fingerprint density at radius 1 is 1.10 bits per heavy atom. The van der Waals surface area contributed by atoms with E-state index in [9.17, 15) is 4.79 Å². The van der Waals surface area contributed by atoms with Crippen LogP contribution in [0.3, 0.4) is 0 Å². The Kier molecular flexibility index (Phi) is 5.22. The predicted molar refractivity (Wildman–Crippen MR) is 119 cm³/mol. The van der Waals surface area contributed by atoms with Crippen LogP contribution in [-0.2, 0) is 12.8 Å². The molecule has 1 aliphatic carbocycles. The minimum Gasteiger partial charge on any atom is -0.497 e. The fourth-order valence-corrected chi connectivity index (χ4v) is 4.93. The molecule has 1 fully saturated rings. The van der Waals surface area contributed by atoms with E-state index in [2.05, 4.69) is 34.5 Å². The summed E-state index contributed by atoms with van der Waals surface area (Å²) < 4.78 is 5.28. The molecule has 0 radical (unpaired) electrons. The second-order valence-electron chi connectivity index (χ2n) is 8.54. The summed E-state index contributed by atoms with van der Waals surface area (Å²) >= 11 is 0. The van der Waals surface area contributed by atoms with Crippen molar-refractivity contribution in [2.24, 2.45) is 0 Å². The number of methoxy groups -OCH3 is 1. The highest BCUT2D eigenvalue weighted by Gasteiger charge is 2.34. The average Bonchev–Trinajstić information content (AvgIpc) is 3.46. The van der Waals surface area contributed by atoms with Gasteiger partial charge in [0.05, 0.1) is 18.8 Å². The first-order chi connectivity index (χ1) is 15.1. The number of pyridine rings is 1. The SMILES string of the molecule is COc1ccc(-c2cc(C)nc([C@@H]3CCCN3C(=O)c3n[nH]c4c3CCCC4)c2)cc1. The van der Waals surface area contributed by atoms with Crippen LogP contribution < -0.4 is 4.74 Å². The number of amides is 1. The molecule has 6 heteroatoms. The van der Waals surface area contributed by atoms with Crippen molar-refractivity contribution in [1.29, 1.82) is 0 Å². The number of nitrogens with zero attached hydrogens (tertiary/aromatic N) is 3. The molecule has 31 heavy (non-hydrogen) atoms. The van der Waals surface area contributed by atoms with Crippen LogP contribution in [0.5, 0.6) is 5.75 Å². The first kappa shape index (κ1) is 19.8. The van der Waals surface area contributed by atoms with Crippen molar-refractivity contribution in [3.63, 3.8) is 0 Å². The number of aryl methyl sites for hydroxylation is 2. The zero-order valence-electron chi connectivity index (χ0n) is 18.1. The van der Waals surface area contributed by atoms with Crippen molar-refractivity contribution in [3.05, 3.63) is 64.7 Å². The molecular weight excluding hydrogens is 388 g/mol. The molecule has 1 N–H and O–H groups in total. The van der Waals surface area contributed by atoms with E-state index in [-0.39, 0.29) is 11.9 Å².